The van der Waals surface area contributed by atoms with Gasteiger partial charge < -0.3 is 9.80 Å². The molecule has 1 aliphatic heterocycles. The SMILES string of the molecule is CC[N+]1(C2(C(=O)Nc3c(C)cccc3C)CC2)CCCCC1.[Y]. The number of carbonyl (C=O) groups is 1. The summed E-state index contributed by atoms with van der Waals surface area (Å²) in [4.78, 5) is 13.1. The molecule has 1 amide bonds. The third kappa shape index (κ3) is 3.30. The van der Waals surface area contributed by atoms with Crippen molar-refractivity contribution in [3.8, 4) is 0 Å². The van der Waals surface area contributed by atoms with Gasteiger partial charge in [-0.2, -0.15) is 0 Å². The van der Waals surface area contributed by atoms with Crippen LogP contribution in [0, 0.1) is 13.8 Å². The van der Waals surface area contributed by atoms with Crippen LogP contribution in [0.1, 0.15) is 50.2 Å². The molecule has 1 saturated heterocycles. The van der Waals surface area contributed by atoms with Crippen molar-refractivity contribution >= 4 is 11.6 Å². The van der Waals surface area contributed by atoms with Gasteiger partial charge in [0.2, 0.25) is 0 Å². The number of hydrogen-bond donors (Lipinski definition) is 1. The largest absolute Gasteiger partial charge is 0.320 e. The number of piperidine rings is 1. The van der Waals surface area contributed by atoms with Crippen LogP contribution in [-0.4, -0.2) is 35.6 Å². The molecule has 123 valence electrons. The molecule has 23 heavy (non-hydrogen) atoms. The van der Waals surface area contributed by atoms with Crippen LogP contribution in [-0.2, 0) is 37.5 Å². The van der Waals surface area contributed by atoms with E-state index in [0.29, 0.717) is 0 Å². The molecule has 2 fully saturated rings. The van der Waals surface area contributed by atoms with E-state index in [1.807, 2.05) is 0 Å². The number of carbonyl (C=O) groups excluding carboxylic acids is 1. The summed E-state index contributed by atoms with van der Waals surface area (Å²) in [6.45, 7) is 9.85. The molecule has 2 aliphatic rings. The minimum Gasteiger partial charge on any atom is -0.320 e. The van der Waals surface area contributed by atoms with Gasteiger partial charge in [0.25, 0.3) is 5.91 Å². The number of aryl methyl sites for hydroxylation is 2. The molecule has 3 rings (SSSR count). The van der Waals surface area contributed by atoms with Gasteiger partial charge in [0, 0.05) is 51.2 Å². The van der Waals surface area contributed by atoms with Gasteiger partial charge in [-0.3, -0.25) is 4.79 Å². The Hall–Kier alpha value is -0.246. The van der Waals surface area contributed by atoms with Gasteiger partial charge in [-0.05, 0) is 51.2 Å². The first kappa shape index (κ1) is 19.1. The maximum absolute atomic E-state index is 13.1. The van der Waals surface area contributed by atoms with Gasteiger partial charge in [0.15, 0.2) is 5.54 Å². The second kappa shape index (κ2) is 7.33. The number of benzene rings is 1. The maximum Gasteiger partial charge on any atom is 0.285 e. The van der Waals surface area contributed by atoms with Crippen LogP contribution in [0.25, 0.3) is 0 Å². The van der Waals surface area contributed by atoms with Crippen molar-refractivity contribution in [2.45, 2.75) is 58.4 Å². The van der Waals surface area contributed by atoms with Gasteiger partial charge in [-0.15, -0.1) is 0 Å². The minimum absolute atomic E-state index is 0. The van der Waals surface area contributed by atoms with E-state index in [4.69, 9.17) is 0 Å². The van der Waals surface area contributed by atoms with E-state index >= 15 is 0 Å². The van der Waals surface area contributed by atoms with Crippen molar-refractivity contribution in [2.24, 2.45) is 0 Å². The zero-order chi connectivity index (χ0) is 15.8. The third-order valence-corrected chi connectivity index (χ3v) is 6.05. The fourth-order valence-corrected chi connectivity index (χ4v) is 4.44. The van der Waals surface area contributed by atoms with Gasteiger partial charge in [-0.25, -0.2) is 0 Å². The van der Waals surface area contributed by atoms with Crippen molar-refractivity contribution in [3.05, 3.63) is 29.3 Å². The van der Waals surface area contributed by atoms with Crippen LogP contribution >= 0.6 is 0 Å². The van der Waals surface area contributed by atoms with Crippen LogP contribution in [0.2, 0.25) is 0 Å². The maximum atomic E-state index is 13.1. The van der Waals surface area contributed by atoms with E-state index in [2.05, 4.69) is 44.3 Å². The van der Waals surface area contributed by atoms with E-state index < -0.39 is 0 Å². The molecule has 1 radical (unpaired) electrons. The Morgan fingerprint density at radius 1 is 1.13 bits per heavy atom. The number of para-hydroxylation sites is 1. The number of anilines is 1. The second-order valence-corrected chi connectivity index (χ2v) is 7.22. The summed E-state index contributed by atoms with van der Waals surface area (Å²) in [5.41, 5.74) is 3.19. The van der Waals surface area contributed by atoms with Crippen molar-refractivity contribution in [1.29, 1.82) is 0 Å². The molecular weight excluding hydrogens is 361 g/mol. The summed E-state index contributed by atoms with van der Waals surface area (Å²) < 4.78 is 1.02. The van der Waals surface area contributed by atoms with Crippen LogP contribution in [0.3, 0.4) is 0 Å². The zero-order valence-corrected chi connectivity index (χ0v) is 17.7. The van der Waals surface area contributed by atoms with Crippen molar-refractivity contribution in [2.75, 3.05) is 25.0 Å². The first-order chi connectivity index (χ1) is 10.5. The van der Waals surface area contributed by atoms with Gasteiger partial charge in [-0.1, -0.05) is 18.2 Å². The molecule has 1 saturated carbocycles. The molecule has 1 N–H and O–H groups in total. The number of likely N-dealkylation sites (tertiary alicyclic amines) is 1. The molecule has 1 heterocycles. The van der Waals surface area contributed by atoms with Crippen molar-refractivity contribution in [3.63, 3.8) is 0 Å². The average molecular weight is 390 g/mol. The Labute approximate surface area is 165 Å². The van der Waals surface area contributed by atoms with E-state index in [-0.39, 0.29) is 44.2 Å². The molecule has 0 unspecified atom stereocenters. The predicted molar refractivity (Wildman–Crippen MR) is 90.9 cm³/mol. The Kier molecular flexibility index (Phi) is 6.08. The van der Waals surface area contributed by atoms with Gasteiger partial charge >= 0.3 is 0 Å². The second-order valence-electron chi connectivity index (χ2n) is 7.22. The van der Waals surface area contributed by atoms with Crippen LogP contribution < -0.4 is 5.32 Å². The van der Waals surface area contributed by atoms with E-state index in [1.165, 1.54) is 32.4 Å². The quantitative estimate of drug-likeness (QED) is 0.779. The summed E-state index contributed by atoms with van der Waals surface area (Å²) >= 11 is 0. The molecule has 0 spiro atoms. The topological polar surface area (TPSA) is 29.1 Å². The number of nitrogens with one attached hydrogen (secondary N) is 1. The molecule has 1 aromatic rings. The summed E-state index contributed by atoms with van der Waals surface area (Å²) in [5.74, 6) is 0.258. The standard InChI is InChI=1S/C19H28N2O.Y/c1-4-21(13-6-5-7-14-21)19(11-12-19)18(22)20-17-15(2)9-8-10-16(17)3;/h8-10H,4-7,11-14H2,1-3H3;/p+1. The van der Waals surface area contributed by atoms with Crippen LogP contribution in [0.5, 0.6) is 0 Å². The molecule has 0 aromatic heterocycles. The normalized spacial score (nSPS) is 21.2. The van der Waals surface area contributed by atoms with Crippen molar-refractivity contribution < 1.29 is 42.0 Å². The fourth-order valence-electron chi connectivity index (χ4n) is 4.44. The first-order valence-electron chi connectivity index (χ1n) is 8.78. The zero-order valence-electron chi connectivity index (χ0n) is 14.8. The minimum atomic E-state index is -0.149. The molecule has 1 aliphatic carbocycles. The van der Waals surface area contributed by atoms with Gasteiger partial charge in [0.05, 0.1) is 19.6 Å². The summed E-state index contributed by atoms with van der Waals surface area (Å²) in [5, 5.41) is 3.28. The number of rotatable bonds is 4. The van der Waals surface area contributed by atoms with Gasteiger partial charge in [0.1, 0.15) is 0 Å². The van der Waals surface area contributed by atoms with Crippen LogP contribution in [0.15, 0.2) is 18.2 Å². The van der Waals surface area contributed by atoms with Crippen molar-refractivity contribution in [1.82, 2.24) is 0 Å². The monoisotopic (exact) mass is 390 g/mol. The first-order valence-corrected chi connectivity index (χ1v) is 8.78. The van der Waals surface area contributed by atoms with E-state index in [9.17, 15) is 4.79 Å². The molecule has 3 nitrogen and oxygen atoms in total. The number of amides is 1. The molecular formula is C19H29N2OY+. The fraction of sp³-hybridized carbons (Fsp3) is 0.632. The predicted octanol–water partition coefficient (Wildman–Crippen LogP) is 3.79. The molecule has 1 aromatic carbocycles. The summed E-state index contributed by atoms with van der Waals surface area (Å²) in [7, 11) is 0. The van der Waals surface area contributed by atoms with E-state index in [1.54, 1.807) is 0 Å². The smallest absolute Gasteiger partial charge is 0.285 e. The summed E-state index contributed by atoms with van der Waals surface area (Å²) in [6.07, 6.45) is 5.97. The Morgan fingerprint density at radius 3 is 2.17 bits per heavy atom. The number of hydrogen-bond acceptors (Lipinski definition) is 1. The average Bonchev–Trinajstić information content (AvgIpc) is 3.34. The number of likely N-dealkylation sites (N-methyl/N-ethyl adjacent to an activating group) is 1. The molecule has 0 bridgehead atoms. The number of quaternary nitrogens is 1. The third-order valence-electron chi connectivity index (χ3n) is 6.05. The summed E-state index contributed by atoms with van der Waals surface area (Å²) in [6, 6.07) is 6.21. The van der Waals surface area contributed by atoms with Crippen LogP contribution in [0.4, 0.5) is 5.69 Å². The Bertz CT molecular complexity index is 554. The molecule has 4 heteroatoms. The molecule has 0 atom stereocenters. The Balaban J connectivity index is 0.00000192. The van der Waals surface area contributed by atoms with E-state index in [0.717, 1.165) is 40.7 Å². The Morgan fingerprint density at radius 2 is 1.70 bits per heavy atom. The number of nitrogens with zero attached hydrogens (tertiary/aromatic N) is 1.